The van der Waals surface area contributed by atoms with Gasteiger partial charge in [-0.25, -0.2) is 9.79 Å². The number of nitrogens with zero attached hydrogens (tertiary/aromatic N) is 1. The van der Waals surface area contributed by atoms with Crippen LogP contribution in [0.5, 0.6) is 0 Å². The summed E-state index contributed by atoms with van der Waals surface area (Å²) in [6.45, 7) is 4.06. The van der Waals surface area contributed by atoms with Crippen LogP contribution < -0.4 is 5.32 Å². The third kappa shape index (κ3) is 5.48. The van der Waals surface area contributed by atoms with E-state index in [1.807, 2.05) is 44.2 Å². The van der Waals surface area contributed by atoms with E-state index in [1.165, 1.54) is 17.7 Å². The minimum absolute atomic E-state index is 0.123. The molecular formula is C31H30N2O4S. The highest BCUT2D eigenvalue weighted by atomic mass is 32.1. The summed E-state index contributed by atoms with van der Waals surface area (Å²) in [6, 6.07) is 16.1. The van der Waals surface area contributed by atoms with Crippen molar-refractivity contribution in [2.45, 2.75) is 52.4 Å². The number of fused-ring (bicyclic) bond motifs is 1. The molecular weight excluding hydrogens is 496 g/mol. The molecule has 1 amide bonds. The molecule has 194 valence electrons. The highest BCUT2D eigenvalue weighted by Crippen LogP contribution is 2.39. The van der Waals surface area contributed by atoms with Crippen molar-refractivity contribution < 1.29 is 19.1 Å². The van der Waals surface area contributed by atoms with Gasteiger partial charge in [-0.2, -0.15) is 0 Å². The number of hydrogen-bond donors (Lipinski definition) is 2. The van der Waals surface area contributed by atoms with E-state index in [0.29, 0.717) is 22.1 Å². The van der Waals surface area contributed by atoms with Gasteiger partial charge in [0.15, 0.2) is 0 Å². The summed E-state index contributed by atoms with van der Waals surface area (Å²) in [5, 5.41) is 13.0. The number of anilines is 1. The fourth-order valence-corrected chi connectivity index (χ4v) is 6.01. The number of thiophene rings is 1. The van der Waals surface area contributed by atoms with E-state index in [0.717, 1.165) is 53.6 Å². The fraction of sp³-hybridized carbons (Fsp3) is 0.258. The number of aromatic carboxylic acids is 1. The Morgan fingerprint density at radius 2 is 1.74 bits per heavy atom. The Morgan fingerprint density at radius 1 is 0.974 bits per heavy atom. The maximum atomic E-state index is 13.7. The Labute approximate surface area is 226 Å². The number of carbonyl (C=O) groups excluding carboxylic acids is 1. The number of aliphatic imine (C=N–C) groups is 1. The van der Waals surface area contributed by atoms with Crippen LogP contribution in [0.25, 0.3) is 11.3 Å². The van der Waals surface area contributed by atoms with E-state index in [1.54, 1.807) is 41.8 Å². The number of hydrogen-bond acceptors (Lipinski definition) is 5. The van der Waals surface area contributed by atoms with Crippen LogP contribution in [0.1, 0.15) is 73.7 Å². The number of carboxylic acid groups (broad SMARTS) is 1. The zero-order valence-corrected chi connectivity index (χ0v) is 22.4. The van der Waals surface area contributed by atoms with E-state index in [-0.39, 0.29) is 11.5 Å². The average molecular weight is 527 g/mol. The maximum Gasteiger partial charge on any atom is 0.335 e. The molecule has 0 saturated heterocycles. The van der Waals surface area contributed by atoms with Crippen molar-refractivity contribution >= 4 is 40.1 Å². The van der Waals surface area contributed by atoms with Gasteiger partial charge >= 0.3 is 5.97 Å². The Balaban J connectivity index is 1.45. The number of rotatable bonds is 6. The average Bonchev–Trinajstić information content (AvgIpc) is 3.50. The Bertz CT molecular complexity index is 1510. The van der Waals surface area contributed by atoms with E-state index in [4.69, 9.17) is 14.5 Å². The Hall–Kier alpha value is -3.97. The Morgan fingerprint density at radius 3 is 2.50 bits per heavy atom. The summed E-state index contributed by atoms with van der Waals surface area (Å²) >= 11 is 1.60. The summed E-state index contributed by atoms with van der Waals surface area (Å²) in [7, 11) is 0. The molecule has 0 bridgehead atoms. The second kappa shape index (κ2) is 11.2. The van der Waals surface area contributed by atoms with E-state index >= 15 is 0 Å². The molecule has 6 nitrogen and oxygen atoms in total. The number of aryl methyl sites for hydroxylation is 2. The molecule has 0 aliphatic heterocycles. The lowest BCUT2D eigenvalue weighted by Crippen LogP contribution is -2.15. The second-order valence-corrected chi connectivity index (χ2v) is 10.7. The third-order valence-electron chi connectivity index (χ3n) is 7.08. The van der Waals surface area contributed by atoms with Gasteiger partial charge in [-0.05, 0) is 86.6 Å². The SMILES string of the molecule is Cc1cccc(NC(=O)c2c(N=Cc3ccc(-c4ccc(C(=O)O)cc4)o3)sc3c2CCCCCC3)c1C. The fourth-order valence-electron chi connectivity index (χ4n) is 4.78. The van der Waals surface area contributed by atoms with E-state index in [9.17, 15) is 9.59 Å². The molecule has 2 aromatic heterocycles. The van der Waals surface area contributed by atoms with Gasteiger partial charge in [0.1, 0.15) is 16.5 Å². The minimum atomic E-state index is -0.966. The molecule has 0 atom stereocenters. The van der Waals surface area contributed by atoms with Gasteiger partial charge in [0.25, 0.3) is 5.91 Å². The van der Waals surface area contributed by atoms with Crippen LogP contribution in [0, 0.1) is 13.8 Å². The van der Waals surface area contributed by atoms with Crippen molar-refractivity contribution in [1.29, 1.82) is 0 Å². The van der Waals surface area contributed by atoms with Crippen LogP contribution in [0.2, 0.25) is 0 Å². The number of carboxylic acids is 1. The largest absolute Gasteiger partial charge is 0.478 e. The smallest absolute Gasteiger partial charge is 0.335 e. The molecule has 4 aromatic rings. The first kappa shape index (κ1) is 25.7. The molecule has 2 heterocycles. The van der Waals surface area contributed by atoms with Crippen molar-refractivity contribution in [3.05, 3.63) is 93.1 Å². The van der Waals surface area contributed by atoms with Gasteiger partial charge in [-0.1, -0.05) is 37.1 Å². The summed E-state index contributed by atoms with van der Waals surface area (Å²) in [4.78, 5) is 30.8. The topological polar surface area (TPSA) is 91.9 Å². The highest BCUT2D eigenvalue weighted by Gasteiger charge is 2.24. The lowest BCUT2D eigenvalue weighted by Gasteiger charge is -2.13. The number of nitrogens with one attached hydrogen (secondary N) is 1. The van der Waals surface area contributed by atoms with Crippen LogP contribution in [-0.2, 0) is 12.8 Å². The van der Waals surface area contributed by atoms with Crippen LogP contribution in [0.4, 0.5) is 10.7 Å². The molecule has 0 radical (unpaired) electrons. The first-order chi connectivity index (χ1) is 18.4. The minimum Gasteiger partial charge on any atom is -0.478 e. The van der Waals surface area contributed by atoms with E-state index < -0.39 is 5.97 Å². The number of benzene rings is 2. The molecule has 1 aliphatic rings. The summed E-state index contributed by atoms with van der Waals surface area (Å²) in [5.74, 6) is 0.0904. The molecule has 1 aliphatic carbocycles. The van der Waals surface area contributed by atoms with Crippen molar-refractivity contribution in [3.8, 4) is 11.3 Å². The van der Waals surface area contributed by atoms with Crippen molar-refractivity contribution in [2.24, 2.45) is 4.99 Å². The molecule has 38 heavy (non-hydrogen) atoms. The number of carbonyl (C=O) groups is 2. The van der Waals surface area contributed by atoms with Gasteiger partial charge in [0.2, 0.25) is 0 Å². The molecule has 0 fully saturated rings. The van der Waals surface area contributed by atoms with Gasteiger partial charge in [0, 0.05) is 16.1 Å². The zero-order chi connectivity index (χ0) is 26.6. The number of furan rings is 1. The van der Waals surface area contributed by atoms with Gasteiger partial charge in [-0.15, -0.1) is 11.3 Å². The highest BCUT2D eigenvalue weighted by molar-refractivity contribution is 7.16. The van der Waals surface area contributed by atoms with Crippen molar-refractivity contribution in [3.63, 3.8) is 0 Å². The maximum absolute atomic E-state index is 13.7. The monoisotopic (exact) mass is 526 g/mol. The summed E-state index contributed by atoms with van der Waals surface area (Å²) in [5.41, 5.74) is 5.81. The lowest BCUT2D eigenvalue weighted by molar-refractivity contribution is 0.0696. The standard InChI is InChI=1S/C31H30N2O4S/c1-19-8-7-10-25(20(19)2)33-29(34)28-24-9-5-3-4-6-11-27(24)38-30(28)32-18-23-16-17-26(37-23)21-12-14-22(15-13-21)31(35)36/h7-8,10,12-18H,3-6,9,11H2,1-2H3,(H,33,34)(H,35,36). The molecule has 0 unspecified atom stereocenters. The Kier molecular flexibility index (Phi) is 7.56. The first-order valence-corrected chi connectivity index (χ1v) is 13.7. The molecule has 2 aromatic carbocycles. The zero-order valence-electron chi connectivity index (χ0n) is 21.5. The van der Waals surface area contributed by atoms with Crippen molar-refractivity contribution in [1.82, 2.24) is 0 Å². The molecule has 5 rings (SSSR count). The predicted molar refractivity (Wildman–Crippen MR) is 152 cm³/mol. The normalized spacial score (nSPS) is 13.6. The van der Waals surface area contributed by atoms with Gasteiger partial charge in [0.05, 0.1) is 17.3 Å². The second-order valence-electron chi connectivity index (χ2n) is 9.64. The molecule has 7 heteroatoms. The lowest BCUT2D eigenvalue weighted by atomic mass is 9.96. The molecule has 0 saturated carbocycles. The van der Waals surface area contributed by atoms with Gasteiger partial charge in [-0.3, -0.25) is 4.79 Å². The first-order valence-electron chi connectivity index (χ1n) is 12.9. The van der Waals surface area contributed by atoms with Crippen LogP contribution in [0.3, 0.4) is 0 Å². The summed E-state index contributed by atoms with van der Waals surface area (Å²) in [6.07, 6.45) is 8.08. The van der Waals surface area contributed by atoms with Crippen molar-refractivity contribution in [2.75, 3.05) is 5.32 Å². The number of amides is 1. The molecule has 0 spiro atoms. The predicted octanol–water partition coefficient (Wildman–Crippen LogP) is 7.99. The summed E-state index contributed by atoms with van der Waals surface area (Å²) < 4.78 is 5.97. The van der Waals surface area contributed by atoms with Gasteiger partial charge < -0.3 is 14.8 Å². The van der Waals surface area contributed by atoms with Crippen LogP contribution >= 0.6 is 11.3 Å². The van der Waals surface area contributed by atoms with Crippen LogP contribution in [0.15, 0.2) is 64.0 Å². The van der Waals surface area contributed by atoms with Crippen LogP contribution in [-0.4, -0.2) is 23.2 Å². The third-order valence-corrected chi connectivity index (χ3v) is 8.28. The quantitative estimate of drug-likeness (QED) is 0.249. The molecule has 2 N–H and O–H groups in total. The van der Waals surface area contributed by atoms with E-state index in [2.05, 4.69) is 5.32 Å².